The summed E-state index contributed by atoms with van der Waals surface area (Å²) in [6.45, 7) is 1.87. The normalized spacial score (nSPS) is 10.8. The number of nitrogens with one attached hydrogen (secondary N) is 2. The van der Waals surface area contributed by atoms with Crippen LogP contribution in [0.2, 0.25) is 0 Å². The smallest absolute Gasteiger partial charge is 0.357 e. The van der Waals surface area contributed by atoms with Crippen molar-refractivity contribution in [1.82, 2.24) is 9.78 Å². The topological polar surface area (TPSA) is 88.5 Å². The van der Waals surface area contributed by atoms with Crippen LogP contribution < -0.4 is 10.9 Å². The molecule has 0 radical (unpaired) electrons. The second-order valence-electron chi connectivity index (χ2n) is 5.65. The van der Waals surface area contributed by atoms with Crippen LogP contribution in [0.1, 0.15) is 23.0 Å². The number of anilines is 1. The Labute approximate surface area is 166 Å². The minimum atomic E-state index is -0.641. The second-order valence-corrected chi connectivity index (χ2v) is 6.04. The van der Waals surface area contributed by atoms with Crippen LogP contribution in [-0.2, 0) is 4.74 Å². The molecule has 28 heavy (non-hydrogen) atoms. The first-order chi connectivity index (χ1) is 13.6. The van der Waals surface area contributed by atoms with Gasteiger partial charge in [0.15, 0.2) is 10.8 Å². The third-order valence-corrected chi connectivity index (χ3v) is 3.96. The van der Waals surface area contributed by atoms with E-state index in [1.165, 1.54) is 10.9 Å². The van der Waals surface area contributed by atoms with Gasteiger partial charge in [0.25, 0.3) is 5.56 Å². The molecule has 7 nitrogen and oxygen atoms in total. The molecule has 1 heterocycles. The van der Waals surface area contributed by atoms with E-state index in [0.29, 0.717) is 5.69 Å². The largest absolute Gasteiger partial charge is 0.461 e. The van der Waals surface area contributed by atoms with Crippen LogP contribution in [0.4, 0.5) is 5.69 Å². The van der Waals surface area contributed by atoms with Crippen molar-refractivity contribution in [2.75, 3.05) is 11.9 Å². The van der Waals surface area contributed by atoms with E-state index in [0.717, 1.165) is 5.69 Å². The number of H-pyrrole nitrogens is 1. The zero-order valence-electron chi connectivity index (χ0n) is 15.1. The number of carbonyl (C=O) groups is 1. The average Bonchev–Trinajstić information content (AvgIpc) is 3.04. The zero-order valence-corrected chi connectivity index (χ0v) is 15.9. The Kier molecular flexibility index (Phi) is 6.13. The third-order valence-electron chi connectivity index (χ3n) is 3.76. The lowest BCUT2D eigenvalue weighted by Crippen LogP contribution is -2.18. The minimum absolute atomic E-state index is 0.0157. The number of carbonyl (C=O) groups excluding carboxylic acids is 1. The standard InChI is InChI=1S/C20H18N4O3S/c1-2-27-19(26)17-16(13-21-20(28)22-14-9-5-3-6-10-14)18(25)24(23-17)15-11-7-4-8-12-15/h3-13,23H,2H2,1H3,(H,22,28). The first kappa shape index (κ1) is 19.2. The minimum Gasteiger partial charge on any atom is -0.461 e. The number of benzene rings is 2. The number of thiocarbonyl (C=S) groups is 1. The Morgan fingerprint density at radius 3 is 2.46 bits per heavy atom. The lowest BCUT2D eigenvalue weighted by Gasteiger charge is -2.02. The fraction of sp³-hybridized carbons (Fsp3) is 0.100. The van der Waals surface area contributed by atoms with Gasteiger partial charge in [-0.2, -0.15) is 0 Å². The van der Waals surface area contributed by atoms with E-state index < -0.39 is 11.5 Å². The summed E-state index contributed by atoms with van der Waals surface area (Å²) in [4.78, 5) is 29.2. The van der Waals surface area contributed by atoms with Crippen molar-refractivity contribution in [1.29, 1.82) is 0 Å². The molecule has 142 valence electrons. The molecule has 0 saturated heterocycles. The molecule has 1 aromatic heterocycles. The van der Waals surface area contributed by atoms with Gasteiger partial charge in [-0.1, -0.05) is 36.4 Å². The van der Waals surface area contributed by atoms with Gasteiger partial charge in [-0.15, -0.1) is 0 Å². The molecule has 0 spiro atoms. The highest BCUT2D eigenvalue weighted by Crippen LogP contribution is 2.09. The summed E-state index contributed by atoms with van der Waals surface area (Å²) >= 11 is 5.19. The van der Waals surface area contributed by atoms with Gasteiger partial charge >= 0.3 is 5.97 Å². The summed E-state index contributed by atoms with van der Waals surface area (Å²) in [6.07, 6.45) is 1.27. The van der Waals surface area contributed by atoms with Crippen molar-refractivity contribution < 1.29 is 9.53 Å². The van der Waals surface area contributed by atoms with Crippen LogP contribution in [0.5, 0.6) is 0 Å². The number of rotatable bonds is 5. The third kappa shape index (κ3) is 4.41. The maximum atomic E-state index is 12.8. The molecular weight excluding hydrogens is 376 g/mol. The molecule has 2 N–H and O–H groups in total. The first-order valence-electron chi connectivity index (χ1n) is 8.57. The molecule has 0 saturated carbocycles. The number of hydrogen-bond donors (Lipinski definition) is 2. The molecular formula is C20H18N4O3S. The monoisotopic (exact) mass is 394 g/mol. The number of esters is 1. The average molecular weight is 394 g/mol. The highest BCUT2D eigenvalue weighted by atomic mass is 32.1. The van der Waals surface area contributed by atoms with E-state index in [4.69, 9.17) is 17.0 Å². The van der Waals surface area contributed by atoms with E-state index in [-0.39, 0.29) is 23.0 Å². The number of ether oxygens (including phenoxy) is 1. The number of aromatic nitrogens is 2. The zero-order chi connectivity index (χ0) is 19.9. The number of aromatic amines is 1. The molecule has 0 amide bonds. The van der Waals surface area contributed by atoms with Crippen LogP contribution in [0.25, 0.3) is 5.69 Å². The fourth-order valence-corrected chi connectivity index (χ4v) is 2.66. The van der Waals surface area contributed by atoms with Crippen LogP contribution in [0.15, 0.2) is 70.5 Å². The van der Waals surface area contributed by atoms with Gasteiger partial charge in [-0.05, 0) is 43.4 Å². The fourth-order valence-electron chi connectivity index (χ4n) is 2.49. The molecule has 0 bridgehead atoms. The van der Waals surface area contributed by atoms with E-state index in [9.17, 15) is 9.59 Å². The number of para-hydroxylation sites is 2. The Balaban J connectivity index is 1.94. The summed E-state index contributed by atoms with van der Waals surface area (Å²) in [5, 5.41) is 5.90. The van der Waals surface area contributed by atoms with Gasteiger partial charge in [0.2, 0.25) is 0 Å². The highest BCUT2D eigenvalue weighted by Gasteiger charge is 2.20. The van der Waals surface area contributed by atoms with Gasteiger partial charge in [0, 0.05) is 11.9 Å². The van der Waals surface area contributed by atoms with Crippen LogP contribution in [0.3, 0.4) is 0 Å². The summed E-state index contributed by atoms with van der Waals surface area (Å²) in [6, 6.07) is 18.2. The molecule has 0 unspecified atom stereocenters. The van der Waals surface area contributed by atoms with Gasteiger partial charge in [-0.25, -0.2) is 14.5 Å². The van der Waals surface area contributed by atoms with E-state index in [1.54, 1.807) is 31.2 Å². The Hall–Kier alpha value is -3.52. The van der Waals surface area contributed by atoms with Crippen LogP contribution >= 0.6 is 12.2 Å². The summed E-state index contributed by atoms with van der Waals surface area (Å²) in [7, 11) is 0. The maximum absolute atomic E-state index is 12.8. The second kappa shape index (κ2) is 8.92. The van der Waals surface area contributed by atoms with E-state index in [1.807, 2.05) is 36.4 Å². The predicted octanol–water partition coefficient (Wildman–Crippen LogP) is 3.16. The number of aliphatic imine (C=N–C) groups is 1. The van der Waals surface area contributed by atoms with Crippen LogP contribution in [0, 0.1) is 0 Å². The van der Waals surface area contributed by atoms with E-state index >= 15 is 0 Å². The molecule has 2 aromatic carbocycles. The molecule has 0 aliphatic carbocycles. The summed E-state index contributed by atoms with van der Waals surface area (Å²) in [5.74, 6) is -0.641. The quantitative estimate of drug-likeness (QED) is 0.394. The molecule has 3 rings (SSSR count). The number of hydrogen-bond acceptors (Lipinski definition) is 4. The Morgan fingerprint density at radius 2 is 1.82 bits per heavy atom. The van der Waals surface area contributed by atoms with Crippen molar-refractivity contribution in [2.24, 2.45) is 4.99 Å². The van der Waals surface area contributed by atoms with Gasteiger partial charge in [-0.3, -0.25) is 9.89 Å². The van der Waals surface area contributed by atoms with Crippen molar-refractivity contribution >= 4 is 35.2 Å². The molecule has 8 heteroatoms. The SMILES string of the molecule is CCOC(=O)c1[nH]n(-c2ccccc2)c(=O)c1C=NC(=S)Nc1ccccc1. The molecule has 0 aliphatic rings. The summed E-state index contributed by atoms with van der Waals surface area (Å²) < 4.78 is 6.31. The first-order valence-corrected chi connectivity index (χ1v) is 8.98. The predicted molar refractivity (Wildman–Crippen MR) is 113 cm³/mol. The van der Waals surface area contributed by atoms with E-state index in [2.05, 4.69) is 15.4 Å². The molecule has 0 fully saturated rings. The Bertz CT molecular complexity index is 1060. The van der Waals surface area contributed by atoms with Crippen molar-refractivity contribution in [2.45, 2.75) is 6.92 Å². The van der Waals surface area contributed by atoms with Crippen molar-refractivity contribution in [3.63, 3.8) is 0 Å². The van der Waals surface area contributed by atoms with Crippen LogP contribution in [-0.4, -0.2) is 33.7 Å². The van der Waals surface area contributed by atoms with Crippen molar-refractivity contribution in [3.8, 4) is 5.69 Å². The Morgan fingerprint density at radius 1 is 1.18 bits per heavy atom. The summed E-state index contributed by atoms with van der Waals surface area (Å²) in [5.41, 5.74) is 1.01. The lowest BCUT2D eigenvalue weighted by molar-refractivity contribution is 0.0519. The maximum Gasteiger partial charge on any atom is 0.357 e. The van der Waals surface area contributed by atoms with Crippen molar-refractivity contribution in [3.05, 3.63) is 82.3 Å². The van der Waals surface area contributed by atoms with Gasteiger partial charge in [0.1, 0.15) is 0 Å². The lowest BCUT2D eigenvalue weighted by atomic mass is 10.2. The number of nitrogens with zero attached hydrogens (tertiary/aromatic N) is 2. The highest BCUT2D eigenvalue weighted by molar-refractivity contribution is 7.80. The molecule has 3 aromatic rings. The van der Waals surface area contributed by atoms with Gasteiger partial charge in [0.05, 0.1) is 17.9 Å². The molecule has 0 atom stereocenters. The van der Waals surface area contributed by atoms with Gasteiger partial charge < -0.3 is 10.1 Å². The molecule has 0 aliphatic heterocycles.